The van der Waals surface area contributed by atoms with Crippen molar-refractivity contribution in [3.8, 4) is 11.5 Å². The zero-order valence-corrected chi connectivity index (χ0v) is 15.5. The maximum Gasteiger partial charge on any atom is 0.232 e. The number of likely N-dealkylation sites (tertiary alicyclic amines) is 1. The highest BCUT2D eigenvalue weighted by molar-refractivity contribution is 5.79. The molecule has 2 aromatic rings. The van der Waals surface area contributed by atoms with Gasteiger partial charge in [0.2, 0.25) is 11.8 Å². The highest BCUT2D eigenvalue weighted by atomic mass is 16.5. The van der Waals surface area contributed by atoms with Crippen LogP contribution in [0.25, 0.3) is 0 Å². The summed E-state index contributed by atoms with van der Waals surface area (Å²) in [6.45, 7) is 3.35. The molecule has 2 heterocycles. The van der Waals surface area contributed by atoms with Crippen molar-refractivity contribution >= 4 is 5.91 Å². The van der Waals surface area contributed by atoms with Gasteiger partial charge < -0.3 is 18.9 Å². The number of carbonyl (C=O) groups excluding carboxylic acids is 1. The Bertz CT molecular complexity index is 759. The van der Waals surface area contributed by atoms with Gasteiger partial charge in [0.1, 0.15) is 0 Å². The van der Waals surface area contributed by atoms with Gasteiger partial charge >= 0.3 is 0 Å². The number of nitrogens with zero attached hydrogens (tertiary/aromatic N) is 3. The molecule has 0 aliphatic carbocycles. The van der Waals surface area contributed by atoms with Crippen molar-refractivity contribution < 1.29 is 18.8 Å². The molecule has 1 unspecified atom stereocenters. The number of carbonyl (C=O) groups is 1. The molecule has 1 aromatic heterocycles. The Balaban J connectivity index is 1.59. The van der Waals surface area contributed by atoms with Crippen molar-refractivity contribution in [2.75, 3.05) is 27.3 Å². The van der Waals surface area contributed by atoms with Crippen LogP contribution in [0.5, 0.6) is 11.5 Å². The third-order valence-corrected chi connectivity index (χ3v) is 4.64. The molecule has 0 saturated carbocycles. The van der Waals surface area contributed by atoms with Gasteiger partial charge in [-0.25, -0.2) is 0 Å². The van der Waals surface area contributed by atoms with Crippen LogP contribution in [0.3, 0.4) is 0 Å². The van der Waals surface area contributed by atoms with Crippen LogP contribution in [-0.4, -0.2) is 48.3 Å². The fourth-order valence-electron chi connectivity index (χ4n) is 3.21. The van der Waals surface area contributed by atoms with Gasteiger partial charge in [-0.2, -0.15) is 4.98 Å². The van der Waals surface area contributed by atoms with Crippen molar-refractivity contribution in [1.82, 2.24) is 15.0 Å². The zero-order chi connectivity index (χ0) is 18.5. The highest BCUT2D eigenvalue weighted by Gasteiger charge is 2.33. The summed E-state index contributed by atoms with van der Waals surface area (Å²) in [7, 11) is 3.23. The Morgan fingerprint density at radius 3 is 2.77 bits per heavy atom. The number of ether oxygens (including phenoxy) is 2. The fourth-order valence-corrected chi connectivity index (χ4v) is 3.21. The molecule has 1 saturated heterocycles. The van der Waals surface area contributed by atoms with E-state index in [-0.39, 0.29) is 11.8 Å². The van der Waals surface area contributed by atoms with E-state index in [0.29, 0.717) is 36.9 Å². The van der Waals surface area contributed by atoms with E-state index in [4.69, 9.17) is 14.0 Å². The highest BCUT2D eigenvalue weighted by Crippen LogP contribution is 2.29. The minimum absolute atomic E-state index is 0.00832. The molecule has 0 bridgehead atoms. The van der Waals surface area contributed by atoms with Gasteiger partial charge in [0.25, 0.3) is 0 Å². The van der Waals surface area contributed by atoms with E-state index in [0.717, 1.165) is 30.7 Å². The Hall–Kier alpha value is -2.57. The molecule has 3 rings (SSSR count). The minimum atomic E-state index is -0.00832. The first-order chi connectivity index (χ1) is 12.6. The van der Waals surface area contributed by atoms with Crippen LogP contribution in [0.1, 0.15) is 43.0 Å². The first kappa shape index (κ1) is 18.2. The Kier molecular flexibility index (Phi) is 5.75. The maximum absolute atomic E-state index is 12.3. The summed E-state index contributed by atoms with van der Waals surface area (Å²) in [6, 6.07) is 5.83. The number of rotatable bonds is 8. The van der Waals surface area contributed by atoms with Gasteiger partial charge in [-0.3, -0.25) is 4.79 Å². The lowest BCUT2D eigenvalue weighted by atomic mass is 10.1. The van der Waals surface area contributed by atoms with Gasteiger partial charge in [-0.05, 0) is 30.5 Å². The summed E-state index contributed by atoms with van der Waals surface area (Å²) in [5.41, 5.74) is 1.10. The second-order valence-corrected chi connectivity index (χ2v) is 6.48. The molecule has 1 aliphatic rings. The SMILES string of the molecule is CCCc1noc(C2CC(=O)N(CCc3ccc(OC)c(OC)c3)C2)n1. The first-order valence-corrected chi connectivity index (χ1v) is 8.95. The smallest absolute Gasteiger partial charge is 0.232 e. The largest absolute Gasteiger partial charge is 0.493 e. The number of amides is 1. The lowest BCUT2D eigenvalue weighted by molar-refractivity contribution is -0.127. The molecule has 7 heteroatoms. The Morgan fingerprint density at radius 2 is 2.04 bits per heavy atom. The lowest BCUT2D eigenvalue weighted by Gasteiger charge is -2.16. The van der Waals surface area contributed by atoms with Gasteiger partial charge in [-0.15, -0.1) is 0 Å². The van der Waals surface area contributed by atoms with Crippen LogP contribution >= 0.6 is 0 Å². The van der Waals surface area contributed by atoms with Crippen LogP contribution in [-0.2, 0) is 17.6 Å². The first-order valence-electron chi connectivity index (χ1n) is 8.95. The topological polar surface area (TPSA) is 77.7 Å². The quantitative estimate of drug-likeness (QED) is 0.721. The Labute approximate surface area is 153 Å². The van der Waals surface area contributed by atoms with Gasteiger partial charge in [0, 0.05) is 25.9 Å². The molecule has 0 N–H and O–H groups in total. The summed E-state index contributed by atoms with van der Waals surface area (Å²) in [5.74, 6) is 2.82. The van der Waals surface area contributed by atoms with Crippen molar-refractivity contribution in [2.24, 2.45) is 0 Å². The number of benzene rings is 1. The van der Waals surface area contributed by atoms with Crippen molar-refractivity contribution in [1.29, 1.82) is 0 Å². The summed E-state index contributed by atoms with van der Waals surface area (Å²) in [6.07, 6.45) is 2.95. The van der Waals surface area contributed by atoms with E-state index in [1.807, 2.05) is 23.1 Å². The number of hydrogen-bond acceptors (Lipinski definition) is 6. The van der Waals surface area contributed by atoms with Crippen LogP contribution in [0.2, 0.25) is 0 Å². The lowest BCUT2D eigenvalue weighted by Crippen LogP contribution is -2.27. The molecule has 1 aromatic carbocycles. The van der Waals surface area contributed by atoms with Crippen molar-refractivity contribution in [3.05, 3.63) is 35.5 Å². The summed E-state index contributed by atoms with van der Waals surface area (Å²) in [4.78, 5) is 18.6. The molecular weight excluding hydrogens is 334 g/mol. The molecule has 7 nitrogen and oxygen atoms in total. The molecule has 26 heavy (non-hydrogen) atoms. The monoisotopic (exact) mass is 359 g/mol. The van der Waals surface area contributed by atoms with Crippen LogP contribution in [0.15, 0.2) is 22.7 Å². The molecule has 1 fully saturated rings. The van der Waals surface area contributed by atoms with Crippen molar-refractivity contribution in [2.45, 2.75) is 38.5 Å². The average Bonchev–Trinajstić information content (AvgIpc) is 3.26. The molecule has 140 valence electrons. The number of methoxy groups -OCH3 is 2. The summed E-state index contributed by atoms with van der Waals surface area (Å²) >= 11 is 0. The fraction of sp³-hybridized carbons (Fsp3) is 0.526. The van der Waals surface area contributed by atoms with Gasteiger partial charge in [-0.1, -0.05) is 18.1 Å². The summed E-state index contributed by atoms with van der Waals surface area (Å²) < 4.78 is 15.9. The number of aryl methyl sites for hydroxylation is 1. The third kappa shape index (κ3) is 3.98. The van der Waals surface area contributed by atoms with Gasteiger partial charge in [0.15, 0.2) is 17.3 Å². The van der Waals surface area contributed by atoms with E-state index >= 15 is 0 Å². The molecule has 0 radical (unpaired) electrons. The predicted octanol–water partition coefficient (Wildman–Crippen LogP) is 2.60. The second-order valence-electron chi connectivity index (χ2n) is 6.48. The van der Waals surface area contributed by atoms with Crippen molar-refractivity contribution in [3.63, 3.8) is 0 Å². The van der Waals surface area contributed by atoms with E-state index in [1.165, 1.54) is 0 Å². The molecular formula is C19H25N3O4. The van der Waals surface area contributed by atoms with Crippen LogP contribution in [0, 0.1) is 0 Å². The molecule has 0 spiro atoms. The van der Waals surface area contributed by atoms with Gasteiger partial charge in [0.05, 0.1) is 20.1 Å². The molecule has 1 atom stereocenters. The van der Waals surface area contributed by atoms with Crippen LogP contribution < -0.4 is 9.47 Å². The Morgan fingerprint density at radius 1 is 1.23 bits per heavy atom. The number of hydrogen-bond donors (Lipinski definition) is 0. The molecule has 1 amide bonds. The predicted molar refractivity (Wildman–Crippen MR) is 95.5 cm³/mol. The standard InChI is InChI=1S/C19H25N3O4/c1-4-5-17-20-19(26-21-17)14-11-18(23)22(12-14)9-8-13-6-7-15(24-2)16(10-13)25-3/h6-7,10,14H,4-5,8-9,11-12H2,1-3H3. The van der Waals surface area contributed by atoms with Crippen LogP contribution in [0.4, 0.5) is 0 Å². The second kappa shape index (κ2) is 8.21. The normalized spacial score (nSPS) is 17.0. The molecule has 1 aliphatic heterocycles. The summed E-state index contributed by atoms with van der Waals surface area (Å²) in [5, 5.41) is 3.99. The minimum Gasteiger partial charge on any atom is -0.493 e. The van der Waals surface area contributed by atoms with E-state index < -0.39 is 0 Å². The average molecular weight is 359 g/mol. The van der Waals surface area contributed by atoms with E-state index in [9.17, 15) is 4.79 Å². The van der Waals surface area contributed by atoms with E-state index in [1.54, 1.807) is 14.2 Å². The number of aromatic nitrogens is 2. The van der Waals surface area contributed by atoms with E-state index in [2.05, 4.69) is 17.1 Å². The third-order valence-electron chi connectivity index (χ3n) is 4.64. The zero-order valence-electron chi connectivity index (χ0n) is 15.5. The maximum atomic E-state index is 12.3.